The van der Waals surface area contributed by atoms with Crippen molar-refractivity contribution in [2.45, 2.75) is 12.8 Å². The summed E-state index contributed by atoms with van der Waals surface area (Å²) in [7, 11) is 1.59. The highest BCUT2D eigenvalue weighted by molar-refractivity contribution is 6.35. The van der Waals surface area contributed by atoms with Crippen molar-refractivity contribution in [3.05, 3.63) is 87.9 Å². The predicted octanol–water partition coefficient (Wildman–Crippen LogP) is 6.83. The van der Waals surface area contributed by atoms with Crippen LogP contribution >= 0.6 is 23.2 Å². The van der Waals surface area contributed by atoms with Crippen LogP contribution in [0.25, 0.3) is 11.6 Å². The predicted molar refractivity (Wildman–Crippen MR) is 130 cm³/mol. The third-order valence-corrected chi connectivity index (χ3v) is 5.13. The van der Waals surface area contributed by atoms with E-state index in [1.54, 1.807) is 61.7 Å². The second-order valence-electron chi connectivity index (χ2n) is 6.97. The molecule has 0 aliphatic heterocycles. The zero-order valence-electron chi connectivity index (χ0n) is 17.9. The monoisotopic (exact) mass is 481 g/mol. The summed E-state index contributed by atoms with van der Waals surface area (Å²) in [6, 6.07) is 21.4. The van der Waals surface area contributed by atoms with Crippen LogP contribution in [0.3, 0.4) is 0 Å². The molecule has 3 aromatic carbocycles. The fourth-order valence-corrected chi connectivity index (χ4v) is 3.42. The number of benzene rings is 3. The molecule has 5 nitrogen and oxygen atoms in total. The van der Waals surface area contributed by atoms with Crippen LogP contribution in [0.2, 0.25) is 10.0 Å². The minimum atomic E-state index is -0.377. The van der Waals surface area contributed by atoms with Gasteiger partial charge in [-0.25, -0.2) is 0 Å². The molecule has 0 N–H and O–H groups in total. The Labute approximate surface area is 202 Å². The largest absolute Gasteiger partial charge is 0.497 e. The van der Waals surface area contributed by atoms with E-state index in [4.69, 9.17) is 37.4 Å². The van der Waals surface area contributed by atoms with Gasteiger partial charge in [0.25, 0.3) is 0 Å². The minimum absolute atomic E-state index is 0.181. The van der Waals surface area contributed by atoms with E-state index in [1.807, 2.05) is 18.2 Å². The zero-order valence-corrected chi connectivity index (χ0v) is 19.4. The van der Waals surface area contributed by atoms with E-state index in [0.717, 1.165) is 11.1 Å². The third kappa shape index (κ3) is 7.28. The third-order valence-electron chi connectivity index (χ3n) is 4.60. The molecule has 33 heavy (non-hydrogen) atoms. The zero-order chi connectivity index (χ0) is 23.6. The lowest BCUT2D eigenvalue weighted by Crippen LogP contribution is -2.10. The first-order valence-electron chi connectivity index (χ1n) is 10.1. The van der Waals surface area contributed by atoms with Crippen LogP contribution in [0.4, 0.5) is 0 Å². The van der Waals surface area contributed by atoms with Gasteiger partial charge in [0.05, 0.1) is 30.4 Å². The van der Waals surface area contributed by atoms with Gasteiger partial charge in [0.1, 0.15) is 17.2 Å². The summed E-state index contributed by atoms with van der Waals surface area (Å²) in [6.07, 6.45) is 2.39. The molecule has 7 heteroatoms. The van der Waals surface area contributed by atoms with E-state index in [2.05, 4.69) is 6.07 Å². The molecule has 0 fully saturated rings. The van der Waals surface area contributed by atoms with E-state index < -0.39 is 0 Å². The van der Waals surface area contributed by atoms with Crippen molar-refractivity contribution in [2.75, 3.05) is 13.7 Å². The molecular weight excluding hydrogens is 461 g/mol. The van der Waals surface area contributed by atoms with Crippen LogP contribution in [0.5, 0.6) is 17.2 Å². The molecule has 0 spiro atoms. The Hall–Kier alpha value is -3.46. The lowest BCUT2D eigenvalue weighted by molar-refractivity contribution is -0.134. The summed E-state index contributed by atoms with van der Waals surface area (Å²) in [5.41, 5.74) is 1.99. The Kier molecular flexibility index (Phi) is 8.77. The van der Waals surface area contributed by atoms with Crippen LogP contribution in [0, 0.1) is 11.3 Å². The molecule has 3 aromatic rings. The molecule has 168 valence electrons. The number of carbonyl (C=O) groups excluding carboxylic acids is 1. The molecule has 0 amide bonds. The molecule has 0 aromatic heterocycles. The van der Waals surface area contributed by atoms with Gasteiger partial charge >= 0.3 is 5.97 Å². The molecule has 0 aliphatic rings. The van der Waals surface area contributed by atoms with Crippen molar-refractivity contribution in [1.29, 1.82) is 5.26 Å². The lowest BCUT2D eigenvalue weighted by atomic mass is 10.0. The van der Waals surface area contributed by atoms with Crippen LogP contribution in [0.15, 0.2) is 66.7 Å². The van der Waals surface area contributed by atoms with E-state index in [1.165, 1.54) is 0 Å². The fraction of sp³-hybridized carbons (Fsp3) is 0.154. The van der Waals surface area contributed by atoms with Gasteiger partial charge in [-0.05, 0) is 78.2 Å². The number of hydrogen-bond donors (Lipinski definition) is 0. The molecule has 0 saturated carbocycles. The minimum Gasteiger partial charge on any atom is -0.497 e. The molecule has 0 saturated heterocycles. The fourth-order valence-electron chi connectivity index (χ4n) is 2.96. The lowest BCUT2D eigenvalue weighted by Gasteiger charge is -2.08. The summed E-state index contributed by atoms with van der Waals surface area (Å²) in [4.78, 5) is 12.2. The smallest absolute Gasteiger partial charge is 0.311 e. The number of carbonyl (C=O) groups is 1. The summed E-state index contributed by atoms with van der Waals surface area (Å²) in [6.45, 7) is 0.312. The second-order valence-corrected chi connectivity index (χ2v) is 7.82. The number of rotatable bonds is 9. The van der Waals surface area contributed by atoms with Gasteiger partial charge in [-0.2, -0.15) is 5.26 Å². The Morgan fingerprint density at radius 3 is 2.52 bits per heavy atom. The number of halogens is 2. The van der Waals surface area contributed by atoms with Gasteiger partial charge in [0, 0.05) is 11.4 Å². The van der Waals surface area contributed by atoms with Crippen LogP contribution < -0.4 is 14.2 Å². The average molecular weight is 482 g/mol. The number of nitriles is 1. The Morgan fingerprint density at radius 2 is 1.82 bits per heavy atom. The van der Waals surface area contributed by atoms with E-state index in [-0.39, 0.29) is 12.4 Å². The summed E-state index contributed by atoms with van der Waals surface area (Å²) in [5.74, 6) is 1.26. The van der Waals surface area contributed by atoms with Crippen molar-refractivity contribution < 1.29 is 19.0 Å². The van der Waals surface area contributed by atoms with Gasteiger partial charge in [0.2, 0.25) is 0 Å². The summed E-state index contributed by atoms with van der Waals surface area (Å²) < 4.78 is 16.2. The highest BCUT2D eigenvalue weighted by Crippen LogP contribution is 2.27. The van der Waals surface area contributed by atoms with Gasteiger partial charge in [-0.1, -0.05) is 35.3 Å². The molecule has 0 unspecified atom stereocenters. The van der Waals surface area contributed by atoms with Crippen LogP contribution in [-0.2, 0) is 4.79 Å². The number of hydrogen-bond acceptors (Lipinski definition) is 5. The highest BCUT2D eigenvalue weighted by atomic mass is 35.5. The first kappa shape index (κ1) is 24.2. The Bertz CT molecular complexity index is 1180. The van der Waals surface area contributed by atoms with E-state index in [0.29, 0.717) is 45.9 Å². The molecule has 0 atom stereocenters. The summed E-state index contributed by atoms with van der Waals surface area (Å²) in [5, 5.41) is 10.5. The maximum Gasteiger partial charge on any atom is 0.311 e. The molecular formula is C26H21Cl2NO4. The van der Waals surface area contributed by atoms with Crippen molar-refractivity contribution in [3.63, 3.8) is 0 Å². The maximum atomic E-state index is 12.2. The molecule has 3 rings (SSSR count). The molecule has 0 bridgehead atoms. The number of nitrogens with zero attached hydrogens (tertiary/aromatic N) is 1. The maximum absolute atomic E-state index is 12.2. The molecule has 0 aliphatic carbocycles. The van der Waals surface area contributed by atoms with Crippen molar-refractivity contribution in [2.24, 2.45) is 0 Å². The first-order chi connectivity index (χ1) is 16.0. The number of methoxy groups -OCH3 is 1. The van der Waals surface area contributed by atoms with E-state index >= 15 is 0 Å². The number of allylic oxidation sites excluding steroid dienone is 1. The van der Waals surface area contributed by atoms with Crippen molar-refractivity contribution in [1.82, 2.24) is 0 Å². The van der Waals surface area contributed by atoms with E-state index in [9.17, 15) is 10.1 Å². The van der Waals surface area contributed by atoms with Crippen LogP contribution in [0.1, 0.15) is 24.0 Å². The van der Waals surface area contributed by atoms with Gasteiger partial charge in [0.15, 0.2) is 0 Å². The van der Waals surface area contributed by atoms with Gasteiger partial charge < -0.3 is 14.2 Å². The SMILES string of the molecule is COc1ccc(/C(C#N)=C\c2cccc(OC(=O)CCCOc3ccc(Cl)cc3Cl)c2)cc1. The molecule has 0 heterocycles. The van der Waals surface area contributed by atoms with Crippen molar-refractivity contribution >= 4 is 40.8 Å². The number of esters is 1. The van der Waals surface area contributed by atoms with Crippen LogP contribution in [-0.4, -0.2) is 19.7 Å². The molecule has 0 radical (unpaired) electrons. The normalized spacial score (nSPS) is 10.9. The quantitative estimate of drug-likeness (QED) is 0.110. The van der Waals surface area contributed by atoms with Gasteiger partial charge in [-0.3, -0.25) is 4.79 Å². The van der Waals surface area contributed by atoms with Crippen molar-refractivity contribution in [3.8, 4) is 23.3 Å². The number of ether oxygens (including phenoxy) is 3. The Morgan fingerprint density at radius 1 is 1.03 bits per heavy atom. The second kappa shape index (κ2) is 12.0. The average Bonchev–Trinajstić information content (AvgIpc) is 2.82. The summed E-state index contributed by atoms with van der Waals surface area (Å²) >= 11 is 11.9. The topological polar surface area (TPSA) is 68.5 Å². The Balaban J connectivity index is 1.55. The highest BCUT2D eigenvalue weighted by Gasteiger charge is 2.08. The first-order valence-corrected chi connectivity index (χ1v) is 10.9. The standard InChI is InChI=1S/C26H21Cl2NO4/c1-31-22-10-7-19(8-11-22)20(17-29)14-18-4-2-5-23(15-18)33-26(30)6-3-13-32-25-12-9-21(27)16-24(25)28/h2,4-5,7-12,14-16H,3,6,13H2,1H3/b20-14-. The van der Waals surface area contributed by atoms with Gasteiger partial charge in [-0.15, -0.1) is 0 Å².